The molecule has 3 aromatic rings. The van der Waals surface area contributed by atoms with Gasteiger partial charge in [-0.1, -0.05) is 6.07 Å². The Morgan fingerprint density at radius 3 is 2.23 bits per heavy atom. The van der Waals surface area contributed by atoms with Crippen molar-refractivity contribution in [3.05, 3.63) is 77.6 Å². The summed E-state index contributed by atoms with van der Waals surface area (Å²) in [5, 5.41) is 11.2. The molecule has 1 atom stereocenters. The van der Waals surface area contributed by atoms with Crippen LogP contribution >= 0.6 is 0 Å². The van der Waals surface area contributed by atoms with Crippen molar-refractivity contribution in [2.45, 2.75) is 12.6 Å². The summed E-state index contributed by atoms with van der Waals surface area (Å²) in [5.74, 6) is -0.619. The number of hydrogen-bond acceptors (Lipinski definition) is 7. The van der Waals surface area contributed by atoms with Crippen LogP contribution in [0.2, 0.25) is 0 Å². The quantitative estimate of drug-likeness (QED) is 0.378. The van der Waals surface area contributed by atoms with Gasteiger partial charge in [-0.15, -0.1) is 0 Å². The number of rotatable bonds is 6. The molecule has 1 amide bonds. The SMILES string of the molecule is COc1cccc(OC)c1/C(O)=C1\C(=O)C(=O)N(Cc2ccco2)C1c1ccco1. The zero-order valence-electron chi connectivity index (χ0n) is 16.3. The van der Waals surface area contributed by atoms with Gasteiger partial charge in [0.2, 0.25) is 0 Å². The van der Waals surface area contributed by atoms with E-state index in [1.54, 1.807) is 42.5 Å². The van der Waals surface area contributed by atoms with E-state index in [-0.39, 0.29) is 17.7 Å². The molecule has 3 heterocycles. The molecule has 154 valence electrons. The van der Waals surface area contributed by atoms with E-state index in [2.05, 4.69) is 0 Å². The number of likely N-dealkylation sites (tertiary alicyclic amines) is 1. The molecular formula is C22H19NO7. The molecule has 0 spiro atoms. The van der Waals surface area contributed by atoms with Crippen molar-refractivity contribution in [1.29, 1.82) is 0 Å². The van der Waals surface area contributed by atoms with Gasteiger partial charge in [0.1, 0.15) is 40.4 Å². The van der Waals surface area contributed by atoms with Crippen molar-refractivity contribution in [2.24, 2.45) is 0 Å². The van der Waals surface area contributed by atoms with Crippen LogP contribution in [0.5, 0.6) is 11.5 Å². The first-order chi connectivity index (χ1) is 14.6. The summed E-state index contributed by atoms with van der Waals surface area (Å²) in [4.78, 5) is 27.2. The molecule has 0 bridgehead atoms. The summed E-state index contributed by atoms with van der Waals surface area (Å²) < 4.78 is 21.5. The number of nitrogens with zero attached hydrogens (tertiary/aromatic N) is 1. The van der Waals surface area contributed by atoms with E-state index < -0.39 is 23.5 Å². The fourth-order valence-corrected chi connectivity index (χ4v) is 3.58. The lowest BCUT2D eigenvalue weighted by Crippen LogP contribution is -2.28. The van der Waals surface area contributed by atoms with E-state index >= 15 is 0 Å². The van der Waals surface area contributed by atoms with E-state index in [0.717, 1.165) is 0 Å². The van der Waals surface area contributed by atoms with Gasteiger partial charge in [0.05, 0.1) is 38.9 Å². The van der Waals surface area contributed by atoms with Crippen LogP contribution in [-0.4, -0.2) is 35.9 Å². The minimum atomic E-state index is -0.945. The second-order valence-corrected chi connectivity index (χ2v) is 6.56. The number of carbonyl (C=O) groups is 2. The Hall–Kier alpha value is -3.94. The highest BCUT2D eigenvalue weighted by Crippen LogP contribution is 2.43. The Bertz CT molecular complexity index is 1070. The van der Waals surface area contributed by atoms with E-state index in [9.17, 15) is 14.7 Å². The number of aliphatic hydroxyl groups excluding tert-OH is 1. The number of carbonyl (C=O) groups excluding carboxylic acids is 2. The number of aliphatic hydroxyl groups is 1. The average molecular weight is 409 g/mol. The molecule has 2 aromatic heterocycles. The van der Waals surface area contributed by atoms with Crippen molar-refractivity contribution < 1.29 is 33.0 Å². The molecule has 1 aromatic carbocycles. The van der Waals surface area contributed by atoms with Crippen LogP contribution in [0.1, 0.15) is 23.1 Å². The number of furan rings is 2. The van der Waals surface area contributed by atoms with Crippen LogP contribution in [0, 0.1) is 0 Å². The van der Waals surface area contributed by atoms with Crippen LogP contribution in [0.25, 0.3) is 5.76 Å². The van der Waals surface area contributed by atoms with Crippen LogP contribution in [0.3, 0.4) is 0 Å². The van der Waals surface area contributed by atoms with Crippen LogP contribution in [0.4, 0.5) is 0 Å². The fourth-order valence-electron chi connectivity index (χ4n) is 3.58. The Balaban J connectivity index is 1.91. The molecule has 0 radical (unpaired) electrons. The molecule has 8 nitrogen and oxygen atoms in total. The first kappa shape index (κ1) is 19.4. The normalized spacial score (nSPS) is 18.1. The second kappa shape index (κ2) is 7.82. The Morgan fingerprint density at radius 2 is 1.67 bits per heavy atom. The topological polar surface area (TPSA) is 102 Å². The molecule has 0 saturated carbocycles. The monoisotopic (exact) mass is 409 g/mol. The van der Waals surface area contributed by atoms with Gasteiger partial charge in [-0.05, 0) is 36.4 Å². The van der Waals surface area contributed by atoms with E-state index in [4.69, 9.17) is 18.3 Å². The summed E-state index contributed by atoms with van der Waals surface area (Å²) >= 11 is 0. The van der Waals surface area contributed by atoms with Crippen LogP contribution in [-0.2, 0) is 16.1 Å². The maximum atomic E-state index is 13.0. The van der Waals surface area contributed by atoms with Gasteiger partial charge in [0, 0.05) is 0 Å². The van der Waals surface area contributed by atoms with E-state index in [0.29, 0.717) is 23.0 Å². The first-order valence-corrected chi connectivity index (χ1v) is 9.12. The van der Waals surface area contributed by atoms with Gasteiger partial charge in [-0.25, -0.2) is 0 Å². The number of benzene rings is 1. The molecule has 8 heteroatoms. The van der Waals surface area contributed by atoms with Crippen molar-refractivity contribution in [1.82, 2.24) is 4.90 Å². The second-order valence-electron chi connectivity index (χ2n) is 6.56. The Kier molecular flexibility index (Phi) is 5.05. The molecule has 1 aliphatic rings. The summed E-state index contributed by atoms with van der Waals surface area (Å²) in [5.41, 5.74) is 0.0550. The third kappa shape index (κ3) is 3.12. The highest BCUT2D eigenvalue weighted by atomic mass is 16.5. The average Bonchev–Trinajstić information content (AvgIpc) is 3.51. The number of ketones is 1. The number of methoxy groups -OCH3 is 2. The van der Waals surface area contributed by atoms with Gasteiger partial charge in [-0.3, -0.25) is 9.59 Å². The summed E-state index contributed by atoms with van der Waals surface area (Å²) in [6, 6.07) is 10.7. The third-order valence-corrected chi connectivity index (χ3v) is 4.92. The number of hydrogen-bond donors (Lipinski definition) is 1. The maximum Gasteiger partial charge on any atom is 0.296 e. The molecule has 4 rings (SSSR count). The predicted molar refractivity (Wildman–Crippen MR) is 105 cm³/mol. The van der Waals surface area contributed by atoms with Crippen molar-refractivity contribution in [2.75, 3.05) is 14.2 Å². The lowest BCUT2D eigenvalue weighted by atomic mass is 9.98. The van der Waals surface area contributed by atoms with Crippen LogP contribution < -0.4 is 9.47 Å². The van der Waals surface area contributed by atoms with Crippen molar-refractivity contribution >= 4 is 17.4 Å². The van der Waals surface area contributed by atoms with Gasteiger partial charge in [-0.2, -0.15) is 0 Å². The number of amides is 1. The van der Waals surface area contributed by atoms with Crippen molar-refractivity contribution in [3.8, 4) is 11.5 Å². The van der Waals surface area contributed by atoms with E-state index in [1.165, 1.54) is 31.6 Å². The Morgan fingerprint density at radius 1 is 1.00 bits per heavy atom. The minimum absolute atomic E-state index is 0.0305. The number of ether oxygens (including phenoxy) is 2. The summed E-state index contributed by atoms with van der Waals surface area (Å²) in [6.07, 6.45) is 2.92. The molecule has 30 heavy (non-hydrogen) atoms. The third-order valence-electron chi connectivity index (χ3n) is 4.92. The fraction of sp³-hybridized carbons (Fsp3) is 0.182. The lowest BCUT2D eigenvalue weighted by Gasteiger charge is -2.22. The van der Waals surface area contributed by atoms with Gasteiger partial charge >= 0.3 is 0 Å². The highest BCUT2D eigenvalue weighted by Gasteiger charge is 2.48. The Labute approximate surface area is 171 Å². The highest BCUT2D eigenvalue weighted by molar-refractivity contribution is 6.46. The molecule has 1 fully saturated rings. The van der Waals surface area contributed by atoms with Gasteiger partial charge in [0.25, 0.3) is 11.7 Å². The minimum Gasteiger partial charge on any atom is -0.506 e. The molecular weight excluding hydrogens is 390 g/mol. The van der Waals surface area contributed by atoms with Crippen LogP contribution in [0.15, 0.2) is 69.4 Å². The standard InChI is InChI=1S/C22H19NO7/c1-27-14-7-3-8-15(28-2)17(14)20(24)18-19(16-9-5-11-30-16)23(22(26)21(18)25)12-13-6-4-10-29-13/h3-11,19,24H,12H2,1-2H3/b20-18+. The first-order valence-electron chi connectivity index (χ1n) is 9.12. The molecule has 1 N–H and O–H groups in total. The smallest absolute Gasteiger partial charge is 0.296 e. The zero-order chi connectivity index (χ0) is 21.3. The van der Waals surface area contributed by atoms with Gasteiger partial charge < -0.3 is 28.3 Å². The van der Waals surface area contributed by atoms with Gasteiger partial charge in [0.15, 0.2) is 0 Å². The molecule has 1 unspecified atom stereocenters. The zero-order valence-corrected chi connectivity index (χ0v) is 16.3. The summed E-state index contributed by atoms with van der Waals surface area (Å²) in [6.45, 7) is 0.0305. The van der Waals surface area contributed by atoms with E-state index in [1.807, 2.05) is 0 Å². The molecule has 0 aliphatic carbocycles. The van der Waals surface area contributed by atoms with Crippen molar-refractivity contribution in [3.63, 3.8) is 0 Å². The molecule has 1 aliphatic heterocycles. The summed E-state index contributed by atoms with van der Waals surface area (Å²) in [7, 11) is 2.87. The maximum absolute atomic E-state index is 13.0. The number of Topliss-reactive ketones (excluding diaryl/α,β-unsaturated/α-hetero) is 1. The lowest BCUT2D eigenvalue weighted by molar-refractivity contribution is -0.140. The molecule has 1 saturated heterocycles. The predicted octanol–water partition coefficient (Wildman–Crippen LogP) is 3.51. The largest absolute Gasteiger partial charge is 0.506 e.